The van der Waals surface area contributed by atoms with Gasteiger partial charge in [0, 0.05) is 22.5 Å². The van der Waals surface area contributed by atoms with Gasteiger partial charge in [-0.1, -0.05) is 12.1 Å². The molecule has 4 bridgehead atoms. The van der Waals surface area contributed by atoms with E-state index < -0.39 is 5.97 Å². The predicted molar refractivity (Wildman–Crippen MR) is 135 cm³/mol. The summed E-state index contributed by atoms with van der Waals surface area (Å²) in [5.41, 5.74) is 2.17. The number of fused-ring (bicyclic) bond motifs is 1. The van der Waals surface area contributed by atoms with Crippen molar-refractivity contribution < 1.29 is 19.1 Å². The summed E-state index contributed by atoms with van der Waals surface area (Å²) in [7, 11) is 0. The number of aryl methyl sites for hydroxylation is 1. The second-order valence-corrected chi connectivity index (χ2v) is 11.8. The number of carbonyl (C=O) groups excluding carboxylic acids is 3. The van der Waals surface area contributed by atoms with E-state index in [4.69, 9.17) is 4.74 Å². The van der Waals surface area contributed by atoms with Gasteiger partial charge < -0.3 is 15.4 Å². The van der Waals surface area contributed by atoms with Crippen LogP contribution in [0.3, 0.4) is 0 Å². The topological polar surface area (TPSA) is 84.5 Å². The zero-order valence-corrected chi connectivity index (χ0v) is 20.5. The Bertz CT molecular complexity index is 1160. The Labute approximate surface area is 209 Å². The van der Waals surface area contributed by atoms with Gasteiger partial charge in [-0.15, -0.1) is 11.8 Å². The molecule has 0 unspecified atom stereocenters. The Balaban J connectivity index is 1.09. The fourth-order valence-electron chi connectivity index (χ4n) is 7.09. The lowest BCUT2D eigenvalue weighted by atomic mass is 9.53. The first-order valence-electron chi connectivity index (χ1n) is 12.6. The maximum absolute atomic E-state index is 13.0. The number of esters is 1. The Morgan fingerprint density at radius 3 is 2.46 bits per heavy atom. The molecule has 2 N–H and O–H groups in total. The number of ether oxygens (including phenoxy) is 1. The molecule has 6 nitrogen and oxygen atoms in total. The van der Waals surface area contributed by atoms with Crippen molar-refractivity contribution in [2.24, 2.45) is 17.8 Å². The fourth-order valence-corrected chi connectivity index (χ4v) is 7.93. The van der Waals surface area contributed by atoms with Crippen LogP contribution in [-0.4, -0.2) is 29.1 Å². The minimum absolute atomic E-state index is 0.000395. The number of benzene rings is 2. The minimum Gasteiger partial charge on any atom is -0.423 e. The Kier molecular flexibility index (Phi) is 5.83. The van der Waals surface area contributed by atoms with Gasteiger partial charge in [-0.05, 0) is 98.6 Å². The van der Waals surface area contributed by atoms with Crippen molar-refractivity contribution in [3.8, 4) is 5.75 Å². The average Bonchev–Trinajstić information content (AvgIpc) is 2.82. The van der Waals surface area contributed by atoms with Crippen LogP contribution in [0.4, 0.5) is 5.69 Å². The second-order valence-electron chi connectivity index (χ2n) is 10.8. The minimum atomic E-state index is -0.450. The molecule has 1 heterocycles. The van der Waals surface area contributed by atoms with Gasteiger partial charge in [0.25, 0.3) is 0 Å². The van der Waals surface area contributed by atoms with Crippen LogP contribution in [0.15, 0.2) is 47.4 Å². The van der Waals surface area contributed by atoms with Crippen LogP contribution >= 0.6 is 11.8 Å². The summed E-state index contributed by atoms with van der Waals surface area (Å²) in [5, 5.41) is 6.24. The lowest BCUT2D eigenvalue weighted by Gasteiger charge is -2.56. The summed E-state index contributed by atoms with van der Waals surface area (Å²) in [4.78, 5) is 38.3. The molecule has 2 aromatic rings. The van der Waals surface area contributed by atoms with Crippen LogP contribution in [0.1, 0.15) is 60.9 Å². The van der Waals surface area contributed by atoms with E-state index in [1.54, 1.807) is 30.3 Å². The largest absolute Gasteiger partial charge is 0.423 e. The van der Waals surface area contributed by atoms with Crippen LogP contribution in [0.2, 0.25) is 0 Å². The third kappa shape index (κ3) is 4.70. The molecule has 1 aliphatic heterocycles. The first kappa shape index (κ1) is 22.7. The smallest absolute Gasteiger partial charge is 0.344 e. The van der Waals surface area contributed by atoms with Gasteiger partial charge in [-0.2, -0.15) is 0 Å². The van der Waals surface area contributed by atoms with E-state index in [0.29, 0.717) is 24.2 Å². The number of carbonyl (C=O) groups is 3. The first-order chi connectivity index (χ1) is 16.9. The van der Waals surface area contributed by atoms with E-state index in [9.17, 15) is 14.4 Å². The van der Waals surface area contributed by atoms with Crippen molar-refractivity contribution in [3.63, 3.8) is 0 Å². The maximum atomic E-state index is 13.0. The summed E-state index contributed by atoms with van der Waals surface area (Å²) in [6, 6.07) is 12.5. The third-order valence-electron chi connectivity index (χ3n) is 8.09. The molecule has 5 aliphatic rings. The SMILES string of the molecule is O=C1CCc2cc(OC(=O)c3ccccc3SCC(=O)NC34CC5CC(CC(C5)C3)C4)ccc2N1. The molecule has 0 radical (unpaired) electrons. The molecule has 0 saturated heterocycles. The zero-order chi connectivity index (χ0) is 24.0. The van der Waals surface area contributed by atoms with Crippen molar-refractivity contribution >= 4 is 35.2 Å². The van der Waals surface area contributed by atoms with Gasteiger partial charge in [0.15, 0.2) is 0 Å². The van der Waals surface area contributed by atoms with Crippen molar-refractivity contribution in [3.05, 3.63) is 53.6 Å². The Morgan fingerprint density at radius 1 is 1.00 bits per heavy atom. The zero-order valence-electron chi connectivity index (χ0n) is 19.7. The second kappa shape index (κ2) is 9.01. The quantitative estimate of drug-likeness (QED) is 0.339. The Hall–Kier alpha value is -2.80. The molecule has 35 heavy (non-hydrogen) atoms. The maximum Gasteiger partial charge on any atom is 0.344 e. The van der Waals surface area contributed by atoms with Gasteiger partial charge in [0.1, 0.15) is 5.75 Å². The van der Waals surface area contributed by atoms with E-state index in [-0.39, 0.29) is 23.1 Å². The fraction of sp³-hybridized carbons (Fsp3) is 0.464. The van der Waals surface area contributed by atoms with E-state index >= 15 is 0 Å². The summed E-state index contributed by atoms with van der Waals surface area (Å²) in [5.74, 6) is 2.68. The number of amides is 2. The molecule has 7 rings (SSSR count). The van der Waals surface area contributed by atoms with Gasteiger partial charge in [0.05, 0.1) is 11.3 Å². The van der Waals surface area contributed by atoms with Gasteiger partial charge in [0.2, 0.25) is 11.8 Å². The first-order valence-corrected chi connectivity index (χ1v) is 13.6. The van der Waals surface area contributed by atoms with Crippen LogP contribution in [0.25, 0.3) is 0 Å². The van der Waals surface area contributed by atoms with Gasteiger partial charge in [-0.25, -0.2) is 4.79 Å². The van der Waals surface area contributed by atoms with Crippen molar-refractivity contribution in [2.45, 2.75) is 61.8 Å². The summed E-state index contributed by atoms with van der Waals surface area (Å²) < 4.78 is 5.67. The highest BCUT2D eigenvalue weighted by Crippen LogP contribution is 2.55. The number of hydrogen-bond donors (Lipinski definition) is 2. The molecule has 0 atom stereocenters. The summed E-state index contributed by atoms with van der Waals surface area (Å²) >= 11 is 1.39. The number of rotatable bonds is 6. The third-order valence-corrected chi connectivity index (χ3v) is 9.16. The van der Waals surface area contributed by atoms with Crippen LogP contribution in [0, 0.1) is 17.8 Å². The molecule has 2 aromatic carbocycles. The highest BCUT2D eigenvalue weighted by atomic mass is 32.2. The molecule has 4 aliphatic carbocycles. The molecule has 7 heteroatoms. The van der Waals surface area contributed by atoms with E-state index in [1.807, 2.05) is 12.1 Å². The van der Waals surface area contributed by atoms with Crippen molar-refractivity contribution in [1.29, 1.82) is 0 Å². The van der Waals surface area contributed by atoms with E-state index in [2.05, 4.69) is 10.6 Å². The number of anilines is 1. The summed E-state index contributed by atoms with van der Waals surface area (Å²) in [6.07, 6.45) is 8.47. The van der Waals surface area contributed by atoms with E-state index in [1.165, 1.54) is 31.0 Å². The predicted octanol–water partition coefficient (Wildman–Crippen LogP) is 4.97. The Morgan fingerprint density at radius 2 is 1.71 bits per heavy atom. The molecule has 4 saturated carbocycles. The highest BCUT2D eigenvalue weighted by molar-refractivity contribution is 8.00. The molecule has 2 amide bonds. The average molecular weight is 491 g/mol. The molecule has 0 aromatic heterocycles. The monoisotopic (exact) mass is 490 g/mol. The van der Waals surface area contributed by atoms with E-state index in [0.717, 1.165) is 53.2 Å². The number of nitrogens with one attached hydrogen (secondary N) is 2. The molecule has 182 valence electrons. The number of thioether (sulfide) groups is 1. The molecular weight excluding hydrogens is 460 g/mol. The van der Waals surface area contributed by atoms with Crippen LogP contribution < -0.4 is 15.4 Å². The summed E-state index contributed by atoms with van der Waals surface area (Å²) in [6.45, 7) is 0. The number of hydrogen-bond acceptors (Lipinski definition) is 5. The van der Waals surface area contributed by atoms with Crippen LogP contribution in [0.5, 0.6) is 5.75 Å². The van der Waals surface area contributed by atoms with Crippen molar-refractivity contribution in [1.82, 2.24) is 5.32 Å². The van der Waals surface area contributed by atoms with Crippen LogP contribution in [-0.2, 0) is 16.0 Å². The van der Waals surface area contributed by atoms with Gasteiger partial charge >= 0.3 is 5.97 Å². The normalized spacial score (nSPS) is 28.2. The van der Waals surface area contributed by atoms with Gasteiger partial charge in [-0.3, -0.25) is 9.59 Å². The lowest BCUT2D eigenvalue weighted by molar-refractivity contribution is -0.124. The van der Waals surface area contributed by atoms with Crippen molar-refractivity contribution in [2.75, 3.05) is 11.1 Å². The molecule has 4 fully saturated rings. The lowest BCUT2D eigenvalue weighted by Crippen LogP contribution is -2.60. The standard InChI is InChI=1S/C28H30N2O4S/c31-25-8-5-20-12-21(6-7-23(20)29-25)34-27(33)22-3-1-2-4-24(22)35-16-26(32)30-28-13-17-9-18(14-28)11-19(10-17)15-28/h1-4,6-7,12,17-19H,5,8-11,13-16H2,(H,29,31)(H,30,32). The molecular formula is C28H30N2O4S. The molecule has 0 spiro atoms. The highest BCUT2D eigenvalue weighted by Gasteiger charge is 2.51.